The molecule has 0 unspecified atom stereocenters. The minimum atomic E-state index is -0.490. The summed E-state index contributed by atoms with van der Waals surface area (Å²) in [5.74, 6) is -0.122. The Kier molecular flexibility index (Phi) is 4.94. The second-order valence-corrected chi connectivity index (χ2v) is 6.79. The number of hydrogen-bond donors (Lipinski definition) is 1. The van der Waals surface area contributed by atoms with Gasteiger partial charge in [-0.25, -0.2) is 0 Å². The van der Waals surface area contributed by atoms with Crippen LogP contribution in [0.15, 0.2) is 54.1 Å². The van der Waals surface area contributed by atoms with Crippen molar-refractivity contribution in [3.63, 3.8) is 0 Å². The Hall–Kier alpha value is -2.88. The van der Waals surface area contributed by atoms with Crippen molar-refractivity contribution in [1.82, 2.24) is 0 Å². The number of allylic oxidation sites excluding steroid dienone is 1. The molecule has 0 aromatic heterocycles. The number of hydrogen-bond acceptors (Lipinski definition) is 4. The zero-order valence-corrected chi connectivity index (χ0v) is 15.2. The van der Waals surface area contributed by atoms with Gasteiger partial charge in [-0.1, -0.05) is 50.2 Å². The molecule has 1 N–H and O–H groups in total. The fraction of sp³-hybridized carbons (Fsp3) is 0.273. The molecule has 1 aliphatic rings. The Morgan fingerprint density at radius 1 is 1.04 bits per heavy atom. The van der Waals surface area contributed by atoms with Gasteiger partial charge in [0.25, 0.3) is 0 Å². The van der Waals surface area contributed by atoms with Crippen LogP contribution in [0.4, 0.5) is 0 Å². The molecule has 0 amide bonds. The van der Waals surface area contributed by atoms with Crippen molar-refractivity contribution < 1.29 is 19.4 Å². The number of methoxy groups -OCH3 is 1. The summed E-state index contributed by atoms with van der Waals surface area (Å²) in [4.78, 5) is 25.4. The molecular weight excluding hydrogens is 328 g/mol. The summed E-state index contributed by atoms with van der Waals surface area (Å²) in [6, 6.07) is 14.3. The third kappa shape index (κ3) is 3.15. The van der Waals surface area contributed by atoms with Crippen LogP contribution < -0.4 is 4.74 Å². The second-order valence-electron chi connectivity index (χ2n) is 6.79. The molecule has 0 saturated heterocycles. The molecule has 0 bridgehead atoms. The number of benzene rings is 2. The Balaban J connectivity index is 2.07. The fourth-order valence-corrected chi connectivity index (χ4v) is 3.27. The van der Waals surface area contributed by atoms with Gasteiger partial charge in [-0.3, -0.25) is 9.59 Å². The number of rotatable bonds is 6. The van der Waals surface area contributed by atoms with Crippen LogP contribution in [0.2, 0.25) is 0 Å². The highest BCUT2D eigenvalue weighted by Crippen LogP contribution is 2.41. The van der Waals surface area contributed by atoms with Crippen molar-refractivity contribution in [3.05, 3.63) is 70.8 Å². The third-order valence-corrected chi connectivity index (χ3v) is 4.84. The molecule has 0 heterocycles. The van der Waals surface area contributed by atoms with Crippen molar-refractivity contribution in [2.45, 2.75) is 26.2 Å². The predicted octanol–water partition coefficient (Wildman–Crippen LogP) is 4.56. The minimum Gasteiger partial charge on any atom is -0.507 e. The molecule has 0 aliphatic heterocycles. The van der Waals surface area contributed by atoms with Crippen LogP contribution in [0.5, 0.6) is 5.75 Å². The summed E-state index contributed by atoms with van der Waals surface area (Å²) in [6.07, 6.45) is 0.170. The molecule has 0 spiro atoms. The lowest BCUT2D eigenvalue weighted by Gasteiger charge is -2.19. The van der Waals surface area contributed by atoms with Crippen LogP contribution >= 0.6 is 0 Å². The molecule has 0 fully saturated rings. The molecule has 0 saturated carbocycles. The van der Waals surface area contributed by atoms with Gasteiger partial charge in [-0.05, 0) is 17.7 Å². The van der Waals surface area contributed by atoms with Crippen molar-refractivity contribution in [3.8, 4) is 5.75 Å². The van der Waals surface area contributed by atoms with E-state index in [4.69, 9.17) is 4.74 Å². The van der Waals surface area contributed by atoms with Crippen LogP contribution in [0.1, 0.15) is 47.7 Å². The van der Waals surface area contributed by atoms with E-state index in [1.807, 2.05) is 26.0 Å². The summed E-state index contributed by atoms with van der Waals surface area (Å²) >= 11 is 0. The average Bonchev–Trinajstić information content (AvgIpc) is 2.91. The Morgan fingerprint density at radius 2 is 1.65 bits per heavy atom. The summed E-state index contributed by atoms with van der Waals surface area (Å²) in [7, 11) is 1.58. The predicted molar refractivity (Wildman–Crippen MR) is 101 cm³/mol. The van der Waals surface area contributed by atoms with Crippen LogP contribution in [-0.2, 0) is 4.79 Å². The Morgan fingerprint density at radius 3 is 2.19 bits per heavy atom. The highest BCUT2D eigenvalue weighted by atomic mass is 16.5. The van der Waals surface area contributed by atoms with Crippen LogP contribution in [0, 0.1) is 5.92 Å². The van der Waals surface area contributed by atoms with Gasteiger partial charge in [0.1, 0.15) is 17.3 Å². The first-order chi connectivity index (χ1) is 12.4. The molecule has 2 aromatic rings. The van der Waals surface area contributed by atoms with Gasteiger partial charge in [-0.15, -0.1) is 0 Å². The lowest BCUT2D eigenvalue weighted by Crippen LogP contribution is -2.17. The average molecular weight is 350 g/mol. The summed E-state index contributed by atoms with van der Waals surface area (Å²) in [5, 5.41) is 10.7. The second kappa shape index (κ2) is 7.16. The number of aliphatic hydroxyl groups is 1. The highest BCUT2D eigenvalue weighted by Gasteiger charge is 2.36. The molecule has 2 aromatic carbocycles. The maximum atomic E-state index is 12.9. The fourth-order valence-electron chi connectivity index (χ4n) is 3.27. The number of aliphatic hydroxyl groups excluding tert-OH is 1. The lowest BCUT2D eigenvalue weighted by atomic mass is 9.83. The lowest BCUT2D eigenvalue weighted by molar-refractivity contribution is -0.122. The van der Waals surface area contributed by atoms with E-state index < -0.39 is 5.92 Å². The number of carbonyl (C=O) groups is 2. The first-order valence-corrected chi connectivity index (χ1v) is 8.68. The first kappa shape index (κ1) is 17.9. The summed E-state index contributed by atoms with van der Waals surface area (Å²) in [5.41, 5.74) is 2.12. The van der Waals surface area contributed by atoms with Gasteiger partial charge in [0.05, 0.1) is 12.7 Å². The molecule has 4 nitrogen and oxygen atoms in total. The number of carbonyl (C=O) groups excluding carboxylic acids is 2. The van der Waals surface area contributed by atoms with Crippen LogP contribution in [-0.4, -0.2) is 23.8 Å². The SMILES string of the molecule is COc1ccc([C@H](CC(=O)C(C)C)C2=C(O)c3ccccc3C2=O)cc1. The monoisotopic (exact) mass is 350 g/mol. The normalized spacial score (nSPS) is 14.5. The number of ether oxygens (including phenoxy) is 1. The van der Waals surface area contributed by atoms with Gasteiger partial charge in [0.15, 0.2) is 5.78 Å². The molecule has 3 rings (SSSR count). The van der Waals surface area contributed by atoms with E-state index in [0.29, 0.717) is 22.4 Å². The first-order valence-electron chi connectivity index (χ1n) is 8.68. The molecule has 26 heavy (non-hydrogen) atoms. The van der Waals surface area contributed by atoms with Crippen LogP contribution in [0.3, 0.4) is 0 Å². The summed E-state index contributed by atoms with van der Waals surface area (Å²) in [6.45, 7) is 3.68. The molecule has 1 atom stereocenters. The third-order valence-electron chi connectivity index (χ3n) is 4.84. The molecule has 1 aliphatic carbocycles. The molecule has 134 valence electrons. The standard InChI is InChI=1S/C22H22O4/c1-13(2)19(23)12-18(14-8-10-15(26-3)11-9-14)20-21(24)16-6-4-5-7-17(16)22(20)25/h4-11,13,18,24H,12H2,1-3H3/t18-/m0/s1. The van der Waals surface area contributed by atoms with E-state index in [9.17, 15) is 14.7 Å². The van der Waals surface area contributed by atoms with E-state index in [0.717, 1.165) is 5.56 Å². The maximum Gasteiger partial charge on any atom is 0.194 e. The highest BCUT2D eigenvalue weighted by molar-refractivity contribution is 6.20. The number of Topliss-reactive ketones (excluding diaryl/α,β-unsaturated/α-hetero) is 2. The van der Waals surface area contributed by atoms with Crippen molar-refractivity contribution in [2.75, 3.05) is 7.11 Å². The summed E-state index contributed by atoms with van der Waals surface area (Å²) < 4.78 is 5.19. The smallest absolute Gasteiger partial charge is 0.194 e. The van der Waals surface area contributed by atoms with Gasteiger partial charge < -0.3 is 9.84 Å². The molecule has 0 radical (unpaired) electrons. The Bertz CT molecular complexity index is 875. The Labute approximate surface area is 153 Å². The molecular formula is C22H22O4. The van der Waals surface area contributed by atoms with Crippen LogP contribution in [0.25, 0.3) is 5.76 Å². The van der Waals surface area contributed by atoms with Gasteiger partial charge in [-0.2, -0.15) is 0 Å². The molecule has 4 heteroatoms. The van der Waals surface area contributed by atoms with Crippen molar-refractivity contribution >= 4 is 17.3 Å². The number of ketones is 2. The van der Waals surface area contributed by atoms with Gasteiger partial charge >= 0.3 is 0 Å². The van der Waals surface area contributed by atoms with Crippen molar-refractivity contribution in [1.29, 1.82) is 0 Å². The van der Waals surface area contributed by atoms with E-state index >= 15 is 0 Å². The number of fused-ring (bicyclic) bond motifs is 1. The van der Waals surface area contributed by atoms with Gasteiger partial charge in [0.2, 0.25) is 0 Å². The van der Waals surface area contributed by atoms with E-state index in [-0.39, 0.29) is 29.7 Å². The van der Waals surface area contributed by atoms with Crippen molar-refractivity contribution in [2.24, 2.45) is 5.92 Å². The zero-order chi connectivity index (χ0) is 18.8. The minimum absolute atomic E-state index is 0.0250. The van der Waals surface area contributed by atoms with E-state index in [2.05, 4.69) is 0 Å². The van der Waals surface area contributed by atoms with E-state index in [1.165, 1.54) is 0 Å². The van der Waals surface area contributed by atoms with E-state index in [1.54, 1.807) is 43.5 Å². The quantitative estimate of drug-likeness (QED) is 0.829. The van der Waals surface area contributed by atoms with Gasteiger partial charge in [0, 0.05) is 29.4 Å². The topological polar surface area (TPSA) is 63.6 Å². The maximum absolute atomic E-state index is 12.9. The zero-order valence-electron chi connectivity index (χ0n) is 15.2. The largest absolute Gasteiger partial charge is 0.507 e.